The second-order valence-corrected chi connectivity index (χ2v) is 19.7. The third kappa shape index (κ3) is 2.09. The zero-order valence-corrected chi connectivity index (χ0v) is 16.0. The molecule has 0 spiro atoms. The minimum atomic E-state index is -0.922. The number of rotatable bonds is 3. The fraction of sp³-hybridized carbons (Fsp3) is 0. The summed E-state index contributed by atoms with van der Waals surface area (Å²) in [4.78, 5) is 1.98. The number of allylic oxidation sites excluding steroid dienone is 8. The van der Waals surface area contributed by atoms with E-state index >= 15 is 0 Å². The predicted octanol–water partition coefficient (Wildman–Crippen LogP) is 1.61. The zero-order valence-electron chi connectivity index (χ0n) is 11.4. The molecule has 1 unspecified atom stereocenters. The second-order valence-electron chi connectivity index (χ2n) is 5.73. The van der Waals surface area contributed by atoms with Crippen molar-refractivity contribution in [3.63, 3.8) is 0 Å². The Hall–Kier alpha value is -1.21. The molecule has 0 N–H and O–H groups in total. The lowest BCUT2D eigenvalue weighted by Gasteiger charge is -2.21. The normalized spacial score (nSPS) is 28.3. The van der Waals surface area contributed by atoms with Crippen LogP contribution in [0.15, 0.2) is 92.4 Å². The van der Waals surface area contributed by atoms with E-state index in [1.807, 2.05) is 4.82 Å². The third-order valence-electron chi connectivity index (χ3n) is 4.58. The van der Waals surface area contributed by atoms with Gasteiger partial charge in [0.15, 0.2) is 0 Å². The quantitative estimate of drug-likeness (QED) is 0.693. The van der Waals surface area contributed by atoms with Gasteiger partial charge in [0.25, 0.3) is 0 Å². The Bertz CT molecular complexity index is 622. The van der Waals surface area contributed by atoms with Gasteiger partial charge in [-0.3, -0.25) is 0 Å². The molecule has 98 valence electrons. The highest BCUT2D eigenvalue weighted by atomic mass is 29.2. The molecule has 0 aromatic carbocycles. The van der Waals surface area contributed by atoms with E-state index < -0.39 is 34.2 Å². The number of hydrogen-bond donors (Lipinski definition) is 0. The Balaban J connectivity index is 1.75. The monoisotopic (exact) mass is 322 g/mol. The molecule has 0 saturated heterocycles. The van der Waals surface area contributed by atoms with Gasteiger partial charge in [-0.15, -0.1) is 0 Å². The standard InChI is InChI=1S/C16H18Si4/c1-2-9-17(8-1)15-7-14-20(19-12-5-6-13-19)16(15)18-10-3-4-11-18/h1-14,17-20H. The highest BCUT2D eigenvalue weighted by Gasteiger charge is 2.34. The molecule has 0 amide bonds. The molecule has 0 saturated carbocycles. The first kappa shape index (κ1) is 12.5. The first-order valence-electron chi connectivity index (χ1n) is 7.40. The minimum Gasteiger partial charge on any atom is -0.0956 e. The van der Waals surface area contributed by atoms with E-state index in [0.29, 0.717) is 0 Å². The van der Waals surface area contributed by atoms with Crippen LogP contribution in [-0.4, -0.2) is 34.2 Å². The lowest BCUT2D eigenvalue weighted by Crippen LogP contribution is -2.37. The molecular formula is C16H18Si4. The summed E-state index contributed by atoms with van der Waals surface area (Å²) in [5.41, 5.74) is 17.9. The van der Waals surface area contributed by atoms with E-state index in [2.05, 4.69) is 82.4 Å². The summed E-state index contributed by atoms with van der Waals surface area (Å²) in [7, 11) is -3.41. The SMILES string of the molecule is C1=C[SiH](C2=C([SiH]3C=CC=C3)[SiH]([SiH]3C=CC=C3)C=C2)C=C1. The van der Waals surface area contributed by atoms with Crippen LogP contribution in [0, 0.1) is 0 Å². The van der Waals surface area contributed by atoms with Crippen molar-refractivity contribution in [3.05, 3.63) is 92.4 Å². The maximum atomic E-state index is 2.67. The Morgan fingerprint density at radius 2 is 1.10 bits per heavy atom. The molecule has 4 rings (SSSR count). The van der Waals surface area contributed by atoms with Gasteiger partial charge < -0.3 is 0 Å². The van der Waals surface area contributed by atoms with E-state index in [0.717, 1.165) is 0 Å². The molecule has 0 aromatic heterocycles. The lowest BCUT2D eigenvalue weighted by atomic mass is 10.6. The van der Waals surface area contributed by atoms with Gasteiger partial charge in [-0.05, 0) is 0 Å². The van der Waals surface area contributed by atoms with Crippen molar-refractivity contribution in [1.29, 1.82) is 0 Å². The molecule has 0 nitrogen and oxygen atoms in total. The first-order chi connectivity index (χ1) is 9.93. The van der Waals surface area contributed by atoms with Crippen molar-refractivity contribution in [2.24, 2.45) is 0 Å². The van der Waals surface area contributed by atoms with E-state index in [-0.39, 0.29) is 0 Å². The maximum Gasteiger partial charge on any atom is 0.116 e. The topological polar surface area (TPSA) is 0 Å². The Morgan fingerprint density at radius 3 is 1.75 bits per heavy atom. The summed E-state index contributed by atoms with van der Waals surface area (Å²) in [5.74, 6) is 0. The van der Waals surface area contributed by atoms with Crippen molar-refractivity contribution in [1.82, 2.24) is 0 Å². The first-order valence-corrected chi connectivity index (χ1v) is 16.5. The Labute approximate surface area is 126 Å². The van der Waals surface area contributed by atoms with E-state index in [1.54, 1.807) is 5.20 Å². The van der Waals surface area contributed by atoms with Crippen LogP contribution in [0.2, 0.25) is 0 Å². The average molecular weight is 323 g/mol. The van der Waals surface area contributed by atoms with Crippen molar-refractivity contribution < 1.29 is 0 Å². The highest BCUT2D eigenvalue weighted by Crippen LogP contribution is 2.29. The van der Waals surface area contributed by atoms with Gasteiger partial charge in [-0.2, -0.15) is 0 Å². The van der Waals surface area contributed by atoms with Crippen LogP contribution in [0.5, 0.6) is 0 Å². The maximum absolute atomic E-state index is 2.67. The van der Waals surface area contributed by atoms with E-state index in [9.17, 15) is 0 Å². The van der Waals surface area contributed by atoms with Crippen molar-refractivity contribution >= 4 is 34.2 Å². The van der Waals surface area contributed by atoms with Gasteiger partial charge in [0.2, 0.25) is 0 Å². The molecule has 0 aliphatic carbocycles. The van der Waals surface area contributed by atoms with Gasteiger partial charge in [-0.25, -0.2) is 0 Å². The van der Waals surface area contributed by atoms with Crippen molar-refractivity contribution in [2.75, 3.05) is 0 Å². The summed E-state index contributed by atoms with van der Waals surface area (Å²) < 4.78 is 0. The fourth-order valence-electron chi connectivity index (χ4n) is 3.62. The average Bonchev–Trinajstić information content (AvgIpc) is 3.23. The van der Waals surface area contributed by atoms with Gasteiger partial charge in [0.1, 0.15) is 17.6 Å². The molecule has 0 fully saturated rings. The fourth-order valence-corrected chi connectivity index (χ4v) is 25.5. The molecule has 1 atom stereocenters. The van der Waals surface area contributed by atoms with Crippen LogP contribution >= 0.6 is 0 Å². The molecule has 4 heteroatoms. The van der Waals surface area contributed by atoms with Crippen LogP contribution in [0.4, 0.5) is 0 Å². The van der Waals surface area contributed by atoms with E-state index in [1.165, 1.54) is 0 Å². The van der Waals surface area contributed by atoms with Crippen molar-refractivity contribution in [3.8, 4) is 0 Å². The summed E-state index contributed by atoms with van der Waals surface area (Å²) in [6, 6.07) is 0. The predicted molar refractivity (Wildman–Crippen MR) is 99.6 cm³/mol. The van der Waals surface area contributed by atoms with Crippen LogP contribution in [0.25, 0.3) is 0 Å². The van der Waals surface area contributed by atoms with E-state index in [4.69, 9.17) is 0 Å². The Kier molecular flexibility index (Phi) is 3.31. The third-order valence-corrected chi connectivity index (χ3v) is 22.9. The van der Waals surface area contributed by atoms with Gasteiger partial charge in [0, 0.05) is 0 Å². The molecule has 4 aliphatic rings. The molecule has 0 bridgehead atoms. The molecule has 0 radical (unpaired) electrons. The van der Waals surface area contributed by atoms with Crippen molar-refractivity contribution in [2.45, 2.75) is 0 Å². The molecule has 4 heterocycles. The summed E-state index contributed by atoms with van der Waals surface area (Å²) in [6.45, 7) is 0. The molecule has 0 aromatic rings. The molecular weight excluding hydrogens is 305 g/mol. The molecule has 20 heavy (non-hydrogen) atoms. The van der Waals surface area contributed by atoms with Crippen LogP contribution in [-0.2, 0) is 0 Å². The lowest BCUT2D eigenvalue weighted by molar-refractivity contribution is 1.90. The highest BCUT2D eigenvalue weighted by molar-refractivity contribution is 7.36. The summed E-state index contributed by atoms with van der Waals surface area (Å²) in [6.07, 6.45) is 16.2. The largest absolute Gasteiger partial charge is 0.116 e. The summed E-state index contributed by atoms with van der Waals surface area (Å²) in [5, 5.41) is 1.79. The summed E-state index contributed by atoms with van der Waals surface area (Å²) >= 11 is 0. The van der Waals surface area contributed by atoms with Crippen LogP contribution < -0.4 is 0 Å². The number of hydrogen-bond acceptors (Lipinski definition) is 0. The van der Waals surface area contributed by atoms with Gasteiger partial charge in [0.05, 0.1) is 16.6 Å². The smallest absolute Gasteiger partial charge is 0.0956 e. The van der Waals surface area contributed by atoms with Crippen LogP contribution in [0.1, 0.15) is 0 Å². The Morgan fingerprint density at radius 1 is 0.550 bits per heavy atom. The second kappa shape index (κ2) is 5.29. The zero-order chi connectivity index (χ0) is 13.4. The van der Waals surface area contributed by atoms with Gasteiger partial charge >= 0.3 is 0 Å². The van der Waals surface area contributed by atoms with Crippen LogP contribution in [0.3, 0.4) is 0 Å². The minimum absolute atomic E-state index is 0.755. The molecule has 4 aliphatic heterocycles. The van der Waals surface area contributed by atoms with Gasteiger partial charge in [-0.1, -0.05) is 92.4 Å².